The SMILES string of the molecule is CCCCCC/C=C/CC/C=C/C(O)C(COC1OC(CO)C(O)C(O)C1O)NC(=O)CC/C=C\C/C=C\CCCCCCCCOC(=O)CCCCCCCCC/C=C\CCCCCCCC. The van der Waals surface area contributed by atoms with E-state index in [9.17, 15) is 35.1 Å². The van der Waals surface area contributed by atoms with Crippen molar-refractivity contribution < 1.29 is 49.3 Å². The topological polar surface area (TPSA) is 175 Å². The van der Waals surface area contributed by atoms with Gasteiger partial charge in [-0.15, -0.1) is 0 Å². The van der Waals surface area contributed by atoms with E-state index >= 15 is 0 Å². The summed E-state index contributed by atoms with van der Waals surface area (Å²) in [5, 5.41) is 54.0. The van der Waals surface area contributed by atoms with E-state index in [4.69, 9.17) is 14.2 Å². The van der Waals surface area contributed by atoms with Crippen molar-refractivity contribution in [3.05, 3.63) is 60.8 Å². The van der Waals surface area contributed by atoms with Gasteiger partial charge in [-0.25, -0.2) is 0 Å². The number of esters is 1. The Labute approximate surface area is 414 Å². The van der Waals surface area contributed by atoms with E-state index in [1.54, 1.807) is 6.08 Å². The Bertz CT molecular complexity index is 1310. The molecule has 11 heteroatoms. The lowest BCUT2D eigenvalue weighted by atomic mass is 9.99. The second-order valence-corrected chi connectivity index (χ2v) is 18.9. The maximum absolute atomic E-state index is 12.9. The van der Waals surface area contributed by atoms with Crippen molar-refractivity contribution in [2.75, 3.05) is 19.8 Å². The Balaban J connectivity index is 2.16. The van der Waals surface area contributed by atoms with Crippen molar-refractivity contribution in [2.45, 2.75) is 269 Å². The first-order chi connectivity index (χ1) is 33.2. The van der Waals surface area contributed by atoms with Gasteiger partial charge in [-0.3, -0.25) is 9.59 Å². The van der Waals surface area contributed by atoms with Crippen LogP contribution in [0, 0.1) is 0 Å². The van der Waals surface area contributed by atoms with Crippen LogP contribution in [0.3, 0.4) is 0 Å². The maximum atomic E-state index is 12.9. The zero-order valence-electron chi connectivity index (χ0n) is 43.0. The highest BCUT2D eigenvalue weighted by molar-refractivity contribution is 5.76. The maximum Gasteiger partial charge on any atom is 0.305 e. The van der Waals surface area contributed by atoms with Gasteiger partial charge in [0.25, 0.3) is 0 Å². The van der Waals surface area contributed by atoms with Crippen LogP contribution in [0.1, 0.15) is 226 Å². The van der Waals surface area contributed by atoms with Gasteiger partial charge in [-0.1, -0.05) is 184 Å². The Morgan fingerprint density at radius 1 is 0.544 bits per heavy atom. The quantitative estimate of drug-likeness (QED) is 0.0196. The van der Waals surface area contributed by atoms with Crippen LogP contribution in [-0.4, -0.2) is 100 Å². The first-order valence-corrected chi connectivity index (χ1v) is 27.6. The molecule has 6 N–H and O–H groups in total. The molecule has 0 spiro atoms. The molecule has 1 amide bonds. The number of rotatable bonds is 46. The predicted molar refractivity (Wildman–Crippen MR) is 278 cm³/mol. The number of aliphatic hydroxyl groups is 5. The van der Waals surface area contributed by atoms with Crippen LogP contribution in [0.2, 0.25) is 0 Å². The van der Waals surface area contributed by atoms with E-state index in [0.717, 1.165) is 70.6 Å². The second kappa shape index (κ2) is 46.7. The minimum atomic E-state index is -1.59. The Kier molecular flexibility index (Phi) is 43.5. The molecule has 1 rings (SSSR count). The third kappa shape index (κ3) is 36.3. The van der Waals surface area contributed by atoms with Gasteiger partial charge in [-0.2, -0.15) is 0 Å². The smallest absolute Gasteiger partial charge is 0.305 e. The van der Waals surface area contributed by atoms with Gasteiger partial charge < -0.3 is 45.1 Å². The van der Waals surface area contributed by atoms with Crippen LogP contribution in [0.5, 0.6) is 0 Å². The van der Waals surface area contributed by atoms with Gasteiger partial charge in [0.1, 0.15) is 24.4 Å². The van der Waals surface area contributed by atoms with Crippen molar-refractivity contribution in [3.8, 4) is 0 Å². The molecule has 1 saturated heterocycles. The van der Waals surface area contributed by atoms with Crippen molar-refractivity contribution in [1.82, 2.24) is 5.32 Å². The number of aliphatic hydroxyl groups excluding tert-OH is 5. The second-order valence-electron chi connectivity index (χ2n) is 18.9. The monoisotopic (exact) mass is 960 g/mol. The summed E-state index contributed by atoms with van der Waals surface area (Å²) in [5.74, 6) is -0.321. The minimum absolute atomic E-state index is 0.0449. The summed E-state index contributed by atoms with van der Waals surface area (Å²) in [4.78, 5) is 25.0. The molecule has 1 aliphatic heterocycles. The highest BCUT2D eigenvalue weighted by atomic mass is 16.7. The standard InChI is InChI=1S/C57H101NO10/c1-3-5-7-9-11-13-15-16-17-18-19-22-25-29-33-37-41-45-53(62)66-46-42-38-34-30-26-23-20-21-24-28-32-36-40-44-52(61)58-49(48-67-57-56(65)55(64)54(63)51(47-59)68-57)50(60)43-39-35-31-27-14-12-10-8-6-4-2/h14,16-17,21,24,27,32,36,39,43,49-51,54-57,59-60,63-65H,3-13,15,18-20,22-23,25-26,28-31,33-35,37-38,40-42,44-48H2,1-2H3,(H,58,61)/b17-16-,24-21-,27-14+,36-32-,43-39+. The lowest BCUT2D eigenvalue weighted by molar-refractivity contribution is -0.302. The molecule has 0 aliphatic carbocycles. The van der Waals surface area contributed by atoms with Gasteiger partial charge in [0.05, 0.1) is 32.0 Å². The average Bonchev–Trinajstić information content (AvgIpc) is 3.33. The van der Waals surface area contributed by atoms with Crippen LogP contribution in [0.4, 0.5) is 0 Å². The molecule has 0 aromatic heterocycles. The van der Waals surface area contributed by atoms with E-state index in [0.29, 0.717) is 19.4 Å². The van der Waals surface area contributed by atoms with Gasteiger partial charge in [0, 0.05) is 12.8 Å². The van der Waals surface area contributed by atoms with E-state index in [-0.39, 0.29) is 24.9 Å². The highest BCUT2D eigenvalue weighted by Gasteiger charge is 2.44. The average molecular weight is 960 g/mol. The van der Waals surface area contributed by atoms with Crippen LogP contribution in [-0.2, 0) is 23.8 Å². The van der Waals surface area contributed by atoms with E-state index in [1.165, 1.54) is 122 Å². The largest absolute Gasteiger partial charge is 0.466 e. The summed E-state index contributed by atoms with van der Waals surface area (Å²) in [6.07, 6.45) is 49.0. The van der Waals surface area contributed by atoms with Gasteiger partial charge >= 0.3 is 5.97 Å². The summed E-state index contributed by atoms with van der Waals surface area (Å²) >= 11 is 0. The normalized spacial score (nSPS) is 19.9. The predicted octanol–water partition coefficient (Wildman–Crippen LogP) is 11.9. The summed E-state index contributed by atoms with van der Waals surface area (Å²) in [7, 11) is 0. The summed E-state index contributed by atoms with van der Waals surface area (Å²) in [5.41, 5.74) is 0. The molecule has 7 unspecified atom stereocenters. The van der Waals surface area contributed by atoms with Crippen molar-refractivity contribution in [1.29, 1.82) is 0 Å². The van der Waals surface area contributed by atoms with Crippen molar-refractivity contribution in [3.63, 3.8) is 0 Å². The van der Waals surface area contributed by atoms with Crippen molar-refractivity contribution >= 4 is 11.9 Å². The lowest BCUT2D eigenvalue weighted by Gasteiger charge is -2.40. The number of unbranched alkanes of at least 4 members (excludes halogenated alkanes) is 24. The summed E-state index contributed by atoms with van der Waals surface area (Å²) in [6.45, 7) is 4.17. The molecular formula is C57H101NO10. The van der Waals surface area contributed by atoms with Crippen LogP contribution >= 0.6 is 0 Å². The number of allylic oxidation sites excluding steroid dienone is 9. The van der Waals surface area contributed by atoms with Crippen LogP contribution in [0.25, 0.3) is 0 Å². The zero-order chi connectivity index (χ0) is 49.6. The first-order valence-electron chi connectivity index (χ1n) is 27.6. The molecule has 394 valence electrons. The van der Waals surface area contributed by atoms with Crippen molar-refractivity contribution in [2.24, 2.45) is 0 Å². The molecule has 0 saturated carbocycles. The molecule has 0 aromatic rings. The fraction of sp³-hybridized carbons (Fsp3) is 0.789. The van der Waals surface area contributed by atoms with E-state index < -0.39 is 49.5 Å². The summed E-state index contributed by atoms with van der Waals surface area (Å²) < 4.78 is 16.6. The first kappa shape index (κ1) is 63.4. The Hall–Kier alpha value is -2.64. The highest BCUT2D eigenvalue weighted by Crippen LogP contribution is 2.22. The van der Waals surface area contributed by atoms with Gasteiger partial charge in [0.2, 0.25) is 5.91 Å². The molecule has 1 heterocycles. The number of hydrogen-bond acceptors (Lipinski definition) is 10. The number of ether oxygens (including phenoxy) is 3. The molecular weight excluding hydrogens is 859 g/mol. The molecule has 11 nitrogen and oxygen atoms in total. The van der Waals surface area contributed by atoms with Crippen LogP contribution in [0.15, 0.2) is 60.8 Å². The minimum Gasteiger partial charge on any atom is -0.466 e. The Morgan fingerprint density at radius 3 is 1.59 bits per heavy atom. The lowest BCUT2D eigenvalue weighted by Crippen LogP contribution is -2.60. The molecule has 7 atom stereocenters. The number of carbonyl (C=O) groups is 2. The van der Waals surface area contributed by atoms with Crippen LogP contribution < -0.4 is 5.32 Å². The zero-order valence-corrected chi connectivity index (χ0v) is 43.0. The molecule has 0 bridgehead atoms. The number of carbonyl (C=O) groups excluding carboxylic acids is 2. The number of hydrogen-bond donors (Lipinski definition) is 6. The van der Waals surface area contributed by atoms with Gasteiger partial charge in [0.15, 0.2) is 6.29 Å². The van der Waals surface area contributed by atoms with Gasteiger partial charge in [-0.05, 0) is 89.9 Å². The van der Waals surface area contributed by atoms with E-state index in [1.807, 2.05) is 18.2 Å². The van der Waals surface area contributed by atoms with E-state index in [2.05, 4.69) is 55.6 Å². The molecule has 1 fully saturated rings. The molecule has 68 heavy (non-hydrogen) atoms. The number of amides is 1. The third-order valence-electron chi connectivity index (χ3n) is 12.6. The summed E-state index contributed by atoms with van der Waals surface area (Å²) in [6, 6.07) is -0.871. The molecule has 1 aliphatic rings. The molecule has 0 radical (unpaired) electrons. The third-order valence-corrected chi connectivity index (χ3v) is 12.6. The Morgan fingerprint density at radius 2 is 1.01 bits per heavy atom. The fourth-order valence-corrected chi connectivity index (χ4v) is 8.14. The fourth-order valence-electron chi connectivity index (χ4n) is 8.14. The number of nitrogens with one attached hydrogen (secondary N) is 1. The molecule has 0 aromatic carbocycles.